The molecule has 3 aromatic carbocycles. The summed E-state index contributed by atoms with van der Waals surface area (Å²) in [5.74, 6) is -2.20. The summed E-state index contributed by atoms with van der Waals surface area (Å²) in [5, 5.41) is 11.6. The monoisotopic (exact) mass is 510 g/mol. The fourth-order valence-electron chi connectivity index (χ4n) is 5.10. The largest absolute Gasteiger partial charge is 0.387 e. The van der Waals surface area contributed by atoms with Gasteiger partial charge in [-0.3, -0.25) is 9.59 Å². The number of benzene rings is 3. The van der Waals surface area contributed by atoms with E-state index in [1.165, 1.54) is 24.3 Å². The average Bonchev–Trinajstić information content (AvgIpc) is 2.89. The predicted octanol–water partition coefficient (Wildman–Crippen LogP) is 4.89. The highest BCUT2D eigenvalue weighted by Crippen LogP contribution is 2.41. The van der Waals surface area contributed by atoms with Crippen LogP contribution in [0.5, 0.6) is 0 Å². The van der Waals surface area contributed by atoms with Gasteiger partial charge in [0.05, 0.1) is 6.04 Å². The molecule has 1 saturated heterocycles. The van der Waals surface area contributed by atoms with Gasteiger partial charge in [0.15, 0.2) is 0 Å². The molecule has 1 aliphatic rings. The number of amides is 2. The Morgan fingerprint density at radius 2 is 1.70 bits per heavy atom. The van der Waals surface area contributed by atoms with E-state index in [4.69, 9.17) is 5.11 Å². The Balaban J connectivity index is 1.51. The molecule has 0 saturated carbocycles. The van der Waals surface area contributed by atoms with Crippen molar-refractivity contribution in [1.29, 1.82) is 0 Å². The van der Waals surface area contributed by atoms with Gasteiger partial charge in [0.2, 0.25) is 11.8 Å². The molecule has 4 rings (SSSR count). The number of halogens is 3. The van der Waals surface area contributed by atoms with Crippen molar-refractivity contribution in [1.82, 2.24) is 10.2 Å². The Hall–Kier alpha value is -3.65. The lowest BCUT2D eigenvalue weighted by molar-refractivity contribution is -0.138. The summed E-state index contributed by atoms with van der Waals surface area (Å²) in [7, 11) is 0. The molecular weight excluding hydrogens is 481 g/mol. The summed E-state index contributed by atoms with van der Waals surface area (Å²) in [6.45, 7) is 2.05. The van der Waals surface area contributed by atoms with Crippen LogP contribution in [-0.4, -0.2) is 41.5 Å². The van der Waals surface area contributed by atoms with Crippen LogP contribution >= 0.6 is 0 Å². The zero-order valence-electron chi connectivity index (χ0n) is 20.5. The minimum absolute atomic E-state index is 0.0646. The Morgan fingerprint density at radius 3 is 2.32 bits per heavy atom. The quantitative estimate of drug-likeness (QED) is 0.453. The highest BCUT2D eigenvalue weighted by atomic mass is 19.1. The van der Waals surface area contributed by atoms with E-state index in [9.17, 15) is 22.8 Å². The van der Waals surface area contributed by atoms with Crippen LogP contribution in [0.3, 0.4) is 0 Å². The van der Waals surface area contributed by atoms with E-state index in [0.717, 1.165) is 17.2 Å². The summed E-state index contributed by atoms with van der Waals surface area (Å²) in [6, 6.07) is 16.5. The number of aliphatic hydroxyl groups excluding tert-OH is 1. The van der Waals surface area contributed by atoms with Crippen LogP contribution < -0.4 is 5.32 Å². The van der Waals surface area contributed by atoms with Crippen molar-refractivity contribution in [2.45, 2.75) is 37.6 Å². The number of nitrogens with zero attached hydrogens (tertiary/aromatic N) is 1. The van der Waals surface area contributed by atoms with Crippen molar-refractivity contribution in [2.24, 2.45) is 0 Å². The highest BCUT2D eigenvalue weighted by Gasteiger charge is 2.41. The van der Waals surface area contributed by atoms with E-state index in [0.29, 0.717) is 30.5 Å². The maximum absolute atomic E-state index is 14.2. The van der Waals surface area contributed by atoms with E-state index in [2.05, 4.69) is 5.32 Å². The molecule has 1 heterocycles. The number of carbonyl (C=O) groups excluding carboxylic acids is 2. The van der Waals surface area contributed by atoms with Crippen LogP contribution in [0.25, 0.3) is 11.1 Å². The lowest BCUT2D eigenvalue weighted by Crippen LogP contribution is -2.48. The summed E-state index contributed by atoms with van der Waals surface area (Å²) >= 11 is 0. The number of likely N-dealkylation sites (tertiary alicyclic amines) is 1. The van der Waals surface area contributed by atoms with Crippen LogP contribution in [0, 0.1) is 17.5 Å². The lowest BCUT2D eigenvalue weighted by atomic mass is 9.70. The van der Waals surface area contributed by atoms with Gasteiger partial charge in [-0.25, -0.2) is 13.2 Å². The second-order valence-electron chi connectivity index (χ2n) is 9.48. The molecule has 194 valence electrons. The summed E-state index contributed by atoms with van der Waals surface area (Å²) < 4.78 is 41.0. The number of rotatable bonds is 8. The van der Waals surface area contributed by atoms with Gasteiger partial charge in [-0.15, -0.1) is 0 Å². The van der Waals surface area contributed by atoms with Gasteiger partial charge in [-0.2, -0.15) is 0 Å². The van der Waals surface area contributed by atoms with Gasteiger partial charge in [-0.1, -0.05) is 36.4 Å². The maximum Gasteiger partial charge on any atom is 0.245 e. The SMILES string of the molecule is C[C@@H](c1ccc(-c2ccc(F)cc2F)cc1)N1CCC(CCNC(=O)CO)(c2ccc(F)cc2)CC1=O. The second kappa shape index (κ2) is 11.2. The minimum Gasteiger partial charge on any atom is -0.387 e. The van der Waals surface area contributed by atoms with E-state index in [1.807, 2.05) is 19.1 Å². The van der Waals surface area contributed by atoms with Gasteiger partial charge in [0.1, 0.15) is 24.1 Å². The summed E-state index contributed by atoms with van der Waals surface area (Å²) in [6.07, 6.45) is 1.27. The van der Waals surface area contributed by atoms with Crippen molar-refractivity contribution in [2.75, 3.05) is 19.7 Å². The van der Waals surface area contributed by atoms with Crippen LogP contribution in [-0.2, 0) is 15.0 Å². The topological polar surface area (TPSA) is 69.6 Å². The van der Waals surface area contributed by atoms with E-state index < -0.39 is 29.6 Å². The minimum atomic E-state index is -0.640. The number of carbonyl (C=O) groups is 2. The molecule has 2 amide bonds. The predicted molar refractivity (Wildman–Crippen MR) is 134 cm³/mol. The number of hydrogen-bond acceptors (Lipinski definition) is 3. The van der Waals surface area contributed by atoms with Gasteiger partial charge in [-0.05, 0) is 60.7 Å². The van der Waals surface area contributed by atoms with Crippen molar-refractivity contribution in [3.63, 3.8) is 0 Å². The standard InChI is InChI=1S/C29H29F3N2O3/c1-19(20-2-4-21(5-3-20)25-11-10-24(31)16-26(25)32)34-15-13-29(17-28(34)37,12-14-33-27(36)18-35)22-6-8-23(30)9-7-22/h2-11,16,19,35H,12-15,17-18H2,1H3,(H,33,36)/t19-,29?/m0/s1. The van der Waals surface area contributed by atoms with Crippen LogP contribution in [0.4, 0.5) is 13.2 Å². The molecule has 37 heavy (non-hydrogen) atoms. The molecule has 5 nitrogen and oxygen atoms in total. The van der Waals surface area contributed by atoms with Crippen LogP contribution in [0.2, 0.25) is 0 Å². The highest BCUT2D eigenvalue weighted by molar-refractivity contribution is 5.80. The zero-order valence-corrected chi connectivity index (χ0v) is 20.5. The van der Waals surface area contributed by atoms with E-state index in [-0.39, 0.29) is 30.7 Å². The Morgan fingerprint density at radius 1 is 1.03 bits per heavy atom. The number of nitrogens with one attached hydrogen (secondary N) is 1. The van der Waals surface area contributed by atoms with Crippen LogP contribution in [0.1, 0.15) is 43.4 Å². The first-order valence-corrected chi connectivity index (χ1v) is 12.2. The normalized spacial score (nSPS) is 18.5. The molecule has 2 atom stereocenters. The third kappa shape index (κ3) is 5.85. The van der Waals surface area contributed by atoms with Crippen molar-refractivity contribution in [3.8, 4) is 11.1 Å². The molecule has 3 aromatic rings. The molecule has 0 bridgehead atoms. The summed E-state index contributed by atoms with van der Waals surface area (Å²) in [5.41, 5.74) is 2.04. The van der Waals surface area contributed by atoms with E-state index >= 15 is 0 Å². The molecule has 1 aliphatic heterocycles. The van der Waals surface area contributed by atoms with Crippen molar-refractivity contribution >= 4 is 11.8 Å². The first kappa shape index (κ1) is 26.4. The molecule has 8 heteroatoms. The Labute approximate surface area is 213 Å². The summed E-state index contributed by atoms with van der Waals surface area (Å²) in [4.78, 5) is 26.7. The molecule has 1 fully saturated rings. The lowest BCUT2D eigenvalue weighted by Gasteiger charge is -2.44. The molecule has 0 radical (unpaired) electrons. The zero-order chi connectivity index (χ0) is 26.6. The van der Waals surface area contributed by atoms with Crippen molar-refractivity contribution < 1.29 is 27.9 Å². The molecule has 2 N–H and O–H groups in total. The van der Waals surface area contributed by atoms with E-state index in [1.54, 1.807) is 29.2 Å². The average molecular weight is 511 g/mol. The molecule has 1 unspecified atom stereocenters. The fourth-order valence-corrected chi connectivity index (χ4v) is 5.10. The fraction of sp³-hybridized carbons (Fsp3) is 0.310. The van der Waals surface area contributed by atoms with Gasteiger partial charge < -0.3 is 15.3 Å². The Kier molecular flexibility index (Phi) is 7.97. The molecule has 0 spiro atoms. The first-order chi connectivity index (χ1) is 17.7. The van der Waals surface area contributed by atoms with Crippen LogP contribution in [0.15, 0.2) is 66.7 Å². The third-order valence-electron chi connectivity index (χ3n) is 7.27. The first-order valence-electron chi connectivity index (χ1n) is 12.2. The second-order valence-corrected chi connectivity index (χ2v) is 9.48. The number of aliphatic hydroxyl groups is 1. The molecule has 0 aliphatic carbocycles. The van der Waals surface area contributed by atoms with Gasteiger partial charge >= 0.3 is 0 Å². The smallest absolute Gasteiger partial charge is 0.245 e. The van der Waals surface area contributed by atoms with Gasteiger partial charge in [0, 0.05) is 36.6 Å². The Bertz CT molecular complexity index is 1260. The maximum atomic E-state index is 14.2. The number of hydrogen-bond donors (Lipinski definition) is 2. The van der Waals surface area contributed by atoms with Crippen molar-refractivity contribution in [3.05, 3.63) is 95.3 Å². The molecular formula is C29H29F3N2O3. The number of piperidine rings is 1. The molecule has 0 aromatic heterocycles. The third-order valence-corrected chi connectivity index (χ3v) is 7.27. The van der Waals surface area contributed by atoms with Gasteiger partial charge in [0.25, 0.3) is 0 Å².